The van der Waals surface area contributed by atoms with Crippen molar-refractivity contribution >= 4 is 11.7 Å². The fourth-order valence-corrected chi connectivity index (χ4v) is 3.32. The predicted octanol–water partition coefficient (Wildman–Crippen LogP) is 2.90. The minimum atomic E-state index is -0.793. The van der Waals surface area contributed by atoms with Crippen LogP contribution >= 0.6 is 0 Å². The number of carboxylic acids is 1. The van der Waals surface area contributed by atoms with Crippen molar-refractivity contribution < 1.29 is 14.6 Å². The third kappa shape index (κ3) is 5.23. The van der Waals surface area contributed by atoms with Crippen LogP contribution in [0.15, 0.2) is 54.6 Å². The number of piperazine rings is 1. The summed E-state index contributed by atoms with van der Waals surface area (Å²) in [4.78, 5) is 15.6. The summed E-state index contributed by atoms with van der Waals surface area (Å²) in [6, 6.07) is 17.8. The number of hydrogen-bond acceptors (Lipinski definition) is 4. The number of hydrogen-bond donors (Lipinski definition) is 1. The third-order valence-electron chi connectivity index (χ3n) is 4.62. The van der Waals surface area contributed by atoms with Crippen molar-refractivity contribution in [2.75, 3.05) is 37.6 Å². The number of para-hydroxylation sites is 1. The zero-order chi connectivity index (χ0) is 18.4. The number of aliphatic carboxylic acids is 1. The van der Waals surface area contributed by atoms with Crippen molar-refractivity contribution in [3.63, 3.8) is 0 Å². The van der Waals surface area contributed by atoms with Crippen molar-refractivity contribution in [3.8, 4) is 5.75 Å². The van der Waals surface area contributed by atoms with Crippen molar-refractivity contribution in [1.82, 2.24) is 4.90 Å². The molecule has 0 bridgehead atoms. The first-order valence-electron chi connectivity index (χ1n) is 9.10. The molecule has 0 radical (unpaired) electrons. The van der Waals surface area contributed by atoms with Crippen LogP contribution in [0.1, 0.15) is 12.5 Å². The zero-order valence-electron chi connectivity index (χ0n) is 15.2. The largest absolute Gasteiger partial charge is 0.489 e. The van der Waals surface area contributed by atoms with Gasteiger partial charge in [0.25, 0.3) is 0 Å². The minimum Gasteiger partial charge on any atom is -0.489 e. The molecule has 2 aromatic rings. The second-order valence-corrected chi connectivity index (χ2v) is 6.77. The highest BCUT2D eigenvalue weighted by atomic mass is 16.5. The fraction of sp³-hybridized carbons (Fsp3) is 0.381. The molecule has 1 heterocycles. The Balaban J connectivity index is 1.45. The van der Waals surface area contributed by atoms with Gasteiger partial charge in [-0.15, -0.1) is 0 Å². The summed E-state index contributed by atoms with van der Waals surface area (Å²) >= 11 is 0. The summed E-state index contributed by atoms with van der Waals surface area (Å²) in [6.45, 7) is 6.96. The number of carboxylic acid groups (broad SMARTS) is 1. The van der Waals surface area contributed by atoms with Crippen LogP contribution in [0.3, 0.4) is 0 Å². The molecule has 26 heavy (non-hydrogen) atoms. The molecule has 0 saturated carbocycles. The molecule has 1 unspecified atom stereocenters. The SMILES string of the molecule is CC(CN1CCN(c2ccc(CC(=O)O)cc2)CC1)Oc1ccccc1. The van der Waals surface area contributed by atoms with Crippen LogP contribution in [0.2, 0.25) is 0 Å². The summed E-state index contributed by atoms with van der Waals surface area (Å²) in [5.74, 6) is 0.123. The predicted molar refractivity (Wildman–Crippen MR) is 103 cm³/mol. The van der Waals surface area contributed by atoms with E-state index in [0.717, 1.165) is 49.7 Å². The number of rotatable bonds is 7. The van der Waals surface area contributed by atoms with Crippen LogP contribution in [0, 0.1) is 0 Å². The van der Waals surface area contributed by atoms with Crippen molar-refractivity contribution in [3.05, 3.63) is 60.2 Å². The van der Waals surface area contributed by atoms with Gasteiger partial charge in [0.1, 0.15) is 11.9 Å². The Bertz CT molecular complexity index is 695. The Hall–Kier alpha value is -2.53. The maximum absolute atomic E-state index is 10.8. The highest BCUT2D eigenvalue weighted by Gasteiger charge is 2.19. The van der Waals surface area contributed by atoms with Crippen molar-refractivity contribution in [2.24, 2.45) is 0 Å². The lowest BCUT2D eigenvalue weighted by Gasteiger charge is -2.37. The average Bonchev–Trinajstić information content (AvgIpc) is 2.63. The summed E-state index contributed by atoms with van der Waals surface area (Å²) in [7, 11) is 0. The van der Waals surface area contributed by atoms with Crippen molar-refractivity contribution in [1.29, 1.82) is 0 Å². The van der Waals surface area contributed by atoms with Crippen LogP contribution in [0.25, 0.3) is 0 Å². The average molecular weight is 354 g/mol. The second-order valence-electron chi connectivity index (χ2n) is 6.77. The highest BCUT2D eigenvalue weighted by molar-refractivity contribution is 5.70. The molecule has 1 N–H and O–H groups in total. The molecule has 1 aliphatic rings. The van der Waals surface area contributed by atoms with Crippen LogP contribution in [0.4, 0.5) is 5.69 Å². The second kappa shape index (κ2) is 8.72. The van der Waals surface area contributed by atoms with Crippen LogP contribution in [-0.2, 0) is 11.2 Å². The highest BCUT2D eigenvalue weighted by Crippen LogP contribution is 2.18. The summed E-state index contributed by atoms with van der Waals surface area (Å²) in [6.07, 6.45) is 0.229. The maximum atomic E-state index is 10.8. The Labute approximate surface area is 154 Å². The van der Waals surface area contributed by atoms with E-state index in [1.165, 1.54) is 0 Å². The van der Waals surface area contributed by atoms with Gasteiger partial charge in [-0.2, -0.15) is 0 Å². The smallest absolute Gasteiger partial charge is 0.307 e. The van der Waals surface area contributed by atoms with Gasteiger partial charge in [-0.25, -0.2) is 0 Å². The fourth-order valence-electron chi connectivity index (χ4n) is 3.32. The van der Waals surface area contributed by atoms with E-state index >= 15 is 0 Å². The molecule has 0 amide bonds. The molecule has 5 heteroatoms. The molecule has 2 aromatic carbocycles. The lowest BCUT2D eigenvalue weighted by molar-refractivity contribution is -0.136. The first-order valence-corrected chi connectivity index (χ1v) is 9.10. The molecule has 0 aliphatic carbocycles. The number of nitrogens with zero attached hydrogens (tertiary/aromatic N) is 2. The van der Waals surface area contributed by atoms with Gasteiger partial charge in [-0.05, 0) is 36.8 Å². The van der Waals surface area contributed by atoms with Gasteiger partial charge in [-0.3, -0.25) is 9.69 Å². The van der Waals surface area contributed by atoms with Gasteiger partial charge >= 0.3 is 5.97 Å². The van der Waals surface area contributed by atoms with Gasteiger partial charge in [-0.1, -0.05) is 30.3 Å². The molecule has 5 nitrogen and oxygen atoms in total. The van der Waals surface area contributed by atoms with E-state index < -0.39 is 5.97 Å². The maximum Gasteiger partial charge on any atom is 0.307 e. The van der Waals surface area contributed by atoms with Crippen LogP contribution in [0.5, 0.6) is 5.75 Å². The lowest BCUT2D eigenvalue weighted by atomic mass is 10.1. The zero-order valence-corrected chi connectivity index (χ0v) is 15.2. The van der Waals surface area contributed by atoms with E-state index in [-0.39, 0.29) is 12.5 Å². The van der Waals surface area contributed by atoms with E-state index in [2.05, 4.69) is 16.7 Å². The minimum absolute atomic E-state index is 0.0767. The van der Waals surface area contributed by atoms with E-state index in [1.54, 1.807) is 0 Å². The van der Waals surface area contributed by atoms with E-state index in [4.69, 9.17) is 9.84 Å². The molecule has 3 rings (SSSR count). The number of ether oxygens (including phenoxy) is 1. The Morgan fingerprint density at radius 1 is 1.04 bits per heavy atom. The first-order chi connectivity index (χ1) is 12.6. The summed E-state index contributed by atoms with van der Waals surface area (Å²) in [5.41, 5.74) is 2.00. The van der Waals surface area contributed by atoms with E-state index in [1.807, 2.05) is 54.6 Å². The normalized spacial score (nSPS) is 16.3. The molecule has 1 fully saturated rings. The van der Waals surface area contributed by atoms with Gasteiger partial charge in [0, 0.05) is 38.4 Å². The first kappa shape index (κ1) is 18.3. The quantitative estimate of drug-likeness (QED) is 0.829. The molecule has 1 atom stereocenters. The van der Waals surface area contributed by atoms with Gasteiger partial charge in [0.05, 0.1) is 6.42 Å². The summed E-state index contributed by atoms with van der Waals surface area (Å²) in [5, 5.41) is 8.85. The topological polar surface area (TPSA) is 53.0 Å². The number of anilines is 1. The van der Waals surface area contributed by atoms with Gasteiger partial charge < -0.3 is 14.7 Å². The number of benzene rings is 2. The molecule has 1 aliphatic heterocycles. The van der Waals surface area contributed by atoms with Gasteiger partial charge in [0.15, 0.2) is 0 Å². The Kier molecular flexibility index (Phi) is 6.12. The molecular formula is C21H26N2O3. The van der Waals surface area contributed by atoms with Crippen LogP contribution < -0.4 is 9.64 Å². The Morgan fingerprint density at radius 3 is 2.31 bits per heavy atom. The summed E-state index contributed by atoms with van der Waals surface area (Å²) < 4.78 is 5.97. The third-order valence-corrected chi connectivity index (χ3v) is 4.62. The number of carbonyl (C=O) groups is 1. The molecule has 1 saturated heterocycles. The monoisotopic (exact) mass is 354 g/mol. The lowest BCUT2D eigenvalue weighted by Crippen LogP contribution is -2.48. The van der Waals surface area contributed by atoms with Gasteiger partial charge in [0.2, 0.25) is 0 Å². The van der Waals surface area contributed by atoms with E-state index in [9.17, 15) is 4.79 Å². The molecular weight excluding hydrogens is 328 g/mol. The van der Waals surface area contributed by atoms with E-state index in [0.29, 0.717) is 0 Å². The molecule has 0 aromatic heterocycles. The van der Waals surface area contributed by atoms with Crippen LogP contribution in [-0.4, -0.2) is 54.8 Å². The van der Waals surface area contributed by atoms with Crippen molar-refractivity contribution in [2.45, 2.75) is 19.4 Å². The standard InChI is InChI=1S/C21H26N2O3/c1-17(26-20-5-3-2-4-6-20)16-22-11-13-23(14-12-22)19-9-7-18(8-10-19)15-21(24)25/h2-10,17H,11-16H2,1H3,(H,24,25). The molecule has 0 spiro atoms. The molecule has 138 valence electrons. The Morgan fingerprint density at radius 2 is 1.69 bits per heavy atom.